The Balaban J connectivity index is 1.91. The summed E-state index contributed by atoms with van der Waals surface area (Å²) < 4.78 is 5.28. The summed E-state index contributed by atoms with van der Waals surface area (Å²) in [5.41, 5.74) is 8.01. The molecule has 2 aromatic rings. The van der Waals surface area contributed by atoms with Crippen molar-refractivity contribution in [3.63, 3.8) is 0 Å². The van der Waals surface area contributed by atoms with Gasteiger partial charge in [-0.3, -0.25) is 0 Å². The lowest BCUT2D eigenvalue weighted by molar-refractivity contribution is 0.302. The first-order chi connectivity index (χ1) is 15.1. The molecule has 0 unspecified atom stereocenters. The molecule has 2 aliphatic carbocycles. The van der Waals surface area contributed by atoms with Gasteiger partial charge >= 0.3 is 0 Å². The molecule has 2 aliphatic rings. The molecule has 0 heterocycles. The molecular weight excluding hydrogens is 384 g/mol. The third-order valence-electron chi connectivity index (χ3n) is 6.62. The lowest BCUT2D eigenvalue weighted by Crippen LogP contribution is -2.43. The van der Waals surface area contributed by atoms with Gasteiger partial charge in [0.2, 0.25) is 0 Å². The van der Waals surface area contributed by atoms with Crippen molar-refractivity contribution in [2.24, 2.45) is 17.1 Å². The quantitative estimate of drug-likeness (QED) is 0.796. The van der Waals surface area contributed by atoms with Crippen LogP contribution in [-0.2, 0) is 0 Å². The molecular formula is C26H22N4O. The van der Waals surface area contributed by atoms with Gasteiger partial charge in [0.1, 0.15) is 11.8 Å². The van der Waals surface area contributed by atoms with E-state index in [4.69, 9.17) is 10.5 Å². The Kier molecular flexibility index (Phi) is 5.24. The Morgan fingerprint density at radius 3 is 2.23 bits per heavy atom. The molecule has 0 aliphatic heterocycles. The summed E-state index contributed by atoms with van der Waals surface area (Å²) in [6, 6.07) is 24.2. The zero-order chi connectivity index (χ0) is 22.0. The number of ether oxygens (including phenoxy) is 1. The zero-order valence-corrected chi connectivity index (χ0v) is 17.2. The first kappa shape index (κ1) is 20.3. The molecule has 0 bridgehead atoms. The maximum absolute atomic E-state index is 10.2. The fourth-order valence-corrected chi connectivity index (χ4v) is 5.08. The Morgan fingerprint density at radius 2 is 1.65 bits per heavy atom. The zero-order valence-electron chi connectivity index (χ0n) is 17.2. The number of allylic oxidation sites excluding steroid dienone is 4. The third-order valence-corrected chi connectivity index (χ3v) is 6.62. The maximum atomic E-state index is 10.2. The highest BCUT2D eigenvalue weighted by molar-refractivity contribution is 5.59. The lowest BCUT2D eigenvalue weighted by atomic mass is 9.55. The molecule has 0 saturated carbocycles. The van der Waals surface area contributed by atoms with Gasteiger partial charge in [-0.1, -0.05) is 48.5 Å². The molecule has 5 heteroatoms. The van der Waals surface area contributed by atoms with Crippen molar-refractivity contribution >= 4 is 0 Å². The number of nitrogens with zero attached hydrogens (tertiary/aromatic N) is 3. The molecule has 0 spiro atoms. The number of hydrogen-bond acceptors (Lipinski definition) is 5. The van der Waals surface area contributed by atoms with Gasteiger partial charge in [0.25, 0.3) is 0 Å². The van der Waals surface area contributed by atoms with Gasteiger partial charge < -0.3 is 10.5 Å². The number of hydrogen-bond donors (Lipinski definition) is 1. The molecule has 152 valence electrons. The summed E-state index contributed by atoms with van der Waals surface area (Å²) in [5.74, 6) is 0.281. The maximum Gasteiger partial charge on any atom is 0.191 e. The van der Waals surface area contributed by atoms with E-state index < -0.39 is 11.3 Å². The average Bonchev–Trinajstić information content (AvgIpc) is 2.84. The predicted octanol–water partition coefficient (Wildman–Crippen LogP) is 4.68. The molecule has 31 heavy (non-hydrogen) atoms. The minimum Gasteiger partial charge on any atom is -0.497 e. The molecule has 0 radical (unpaired) electrons. The number of rotatable bonds is 3. The van der Waals surface area contributed by atoms with E-state index in [9.17, 15) is 15.8 Å². The number of nitrogens with two attached hydrogens (primary N) is 1. The summed E-state index contributed by atoms with van der Waals surface area (Å²) >= 11 is 0. The van der Waals surface area contributed by atoms with Crippen LogP contribution < -0.4 is 10.5 Å². The fraction of sp³-hybridized carbons (Fsp3) is 0.269. The Bertz CT molecular complexity index is 1160. The molecule has 4 rings (SSSR count). The molecule has 0 fully saturated rings. The SMILES string of the molecule is COc1ccc([C@H]2[C@@H]3C[C@@H](c4ccccc4)CC=C3C(C#N)=C(N)C2(C#N)C#N)cc1. The Labute approximate surface area is 182 Å². The van der Waals surface area contributed by atoms with Gasteiger partial charge in [0, 0.05) is 5.92 Å². The van der Waals surface area contributed by atoms with E-state index in [1.807, 2.05) is 42.5 Å². The van der Waals surface area contributed by atoms with Crippen LogP contribution in [0, 0.1) is 45.3 Å². The topological polar surface area (TPSA) is 107 Å². The summed E-state index contributed by atoms with van der Waals surface area (Å²) in [4.78, 5) is 0. The smallest absolute Gasteiger partial charge is 0.191 e. The van der Waals surface area contributed by atoms with Gasteiger partial charge in [-0.2, -0.15) is 15.8 Å². The van der Waals surface area contributed by atoms with E-state index in [2.05, 4.69) is 36.4 Å². The standard InChI is InChI=1S/C26H22N4O/c1-31-20-10-7-18(8-11-20)24-22-13-19(17-5-3-2-4-6-17)9-12-21(22)23(14-27)25(30)26(24,15-28)16-29/h2-8,10-12,19,22,24H,9,13,30H2,1H3/t19-,22+,24-/m0/s1. The number of fused-ring (bicyclic) bond motifs is 1. The van der Waals surface area contributed by atoms with E-state index >= 15 is 0 Å². The van der Waals surface area contributed by atoms with Crippen LogP contribution in [0.3, 0.4) is 0 Å². The first-order valence-corrected chi connectivity index (χ1v) is 10.2. The van der Waals surface area contributed by atoms with Crippen LogP contribution in [-0.4, -0.2) is 7.11 Å². The molecule has 5 nitrogen and oxygen atoms in total. The van der Waals surface area contributed by atoms with Crippen LogP contribution >= 0.6 is 0 Å². The van der Waals surface area contributed by atoms with E-state index in [-0.39, 0.29) is 23.1 Å². The van der Waals surface area contributed by atoms with Gasteiger partial charge in [0.05, 0.1) is 30.5 Å². The van der Waals surface area contributed by atoms with Gasteiger partial charge in [-0.15, -0.1) is 0 Å². The number of methoxy groups -OCH3 is 1. The molecule has 0 amide bonds. The van der Waals surface area contributed by atoms with E-state index in [1.54, 1.807) is 7.11 Å². The van der Waals surface area contributed by atoms with Crippen molar-refractivity contribution in [3.8, 4) is 24.0 Å². The highest BCUT2D eigenvalue weighted by atomic mass is 16.5. The van der Waals surface area contributed by atoms with Crippen molar-refractivity contribution in [3.05, 3.63) is 88.6 Å². The molecule has 2 aromatic carbocycles. The fourth-order valence-electron chi connectivity index (χ4n) is 5.08. The average molecular weight is 406 g/mol. The van der Waals surface area contributed by atoms with Crippen molar-refractivity contribution in [1.29, 1.82) is 15.8 Å². The third kappa shape index (κ3) is 3.14. The van der Waals surface area contributed by atoms with Crippen LogP contribution in [0.5, 0.6) is 5.75 Å². The molecule has 2 N–H and O–H groups in total. The molecule has 0 aromatic heterocycles. The van der Waals surface area contributed by atoms with Crippen molar-refractivity contribution < 1.29 is 4.74 Å². The molecule has 3 atom stereocenters. The highest BCUT2D eigenvalue weighted by Gasteiger charge is 2.54. The minimum atomic E-state index is -1.61. The van der Waals surface area contributed by atoms with E-state index in [0.29, 0.717) is 5.75 Å². The monoisotopic (exact) mass is 406 g/mol. The second-order valence-corrected chi connectivity index (χ2v) is 8.03. The second kappa shape index (κ2) is 8.02. The van der Waals surface area contributed by atoms with Crippen LogP contribution in [0.1, 0.15) is 35.8 Å². The normalized spacial score (nSPS) is 24.1. The summed E-state index contributed by atoms with van der Waals surface area (Å²) in [7, 11) is 1.59. The van der Waals surface area contributed by atoms with Crippen LogP contribution in [0.25, 0.3) is 0 Å². The largest absolute Gasteiger partial charge is 0.497 e. The van der Waals surface area contributed by atoms with Crippen molar-refractivity contribution in [2.75, 3.05) is 7.11 Å². The van der Waals surface area contributed by atoms with E-state index in [1.165, 1.54) is 5.56 Å². The minimum absolute atomic E-state index is 0.0569. The Hall–Kier alpha value is -4.01. The summed E-state index contributed by atoms with van der Waals surface area (Å²) in [6.07, 6.45) is 3.60. The van der Waals surface area contributed by atoms with Crippen LogP contribution in [0.2, 0.25) is 0 Å². The van der Waals surface area contributed by atoms with Crippen LogP contribution in [0.15, 0.2) is 77.5 Å². The number of nitriles is 3. The van der Waals surface area contributed by atoms with E-state index in [0.717, 1.165) is 24.0 Å². The Morgan fingerprint density at radius 1 is 0.968 bits per heavy atom. The second-order valence-electron chi connectivity index (χ2n) is 8.03. The lowest BCUT2D eigenvalue weighted by Gasteiger charge is -2.45. The first-order valence-electron chi connectivity index (χ1n) is 10.2. The number of benzene rings is 2. The van der Waals surface area contributed by atoms with Crippen LogP contribution in [0.4, 0.5) is 0 Å². The van der Waals surface area contributed by atoms with Gasteiger partial charge in [-0.25, -0.2) is 0 Å². The predicted molar refractivity (Wildman–Crippen MR) is 116 cm³/mol. The van der Waals surface area contributed by atoms with Gasteiger partial charge in [0.15, 0.2) is 5.41 Å². The summed E-state index contributed by atoms with van der Waals surface area (Å²) in [6.45, 7) is 0. The van der Waals surface area contributed by atoms with Crippen molar-refractivity contribution in [1.82, 2.24) is 0 Å². The highest BCUT2D eigenvalue weighted by Crippen LogP contribution is 2.57. The summed E-state index contributed by atoms with van der Waals surface area (Å²) in [5, 5.41) is 30.2. The van der Waals surface area contributed by atoms with Crippen molar-refractivity contribution in [2.45, 2.75) is 24.7 Å². The molecule has 0 saturated heterocycles. The van der Waals surface area contributed by atoms with Gasteiger partial charge in [-0.05, 0) is 53.5 Å².